The van der Waals surface area contributed by atoms with Crippen molar-refractivity contribution < 1.29 is 9.47 Å². The normalized spacial score (nSPS) is 5.14. The smallest absolute Gasteiger partial charge is 0 e. The van der Waals surface area contributed by atoms with E-state index < -0.39 is 0 Å². The maximum Gasteiger partial charge on any atom is 0 e. The van der Waals surface area contributed by atoms with Crippen LogP contribution in [0.4, 0.5) is 0 Å². The second-order valence-corrected chi connectivity index (χ2v) is 0.577. The summed E-state index contributed by atoms with van der Waals surface area (Å²) >= 11 is 0. The standard InChI is InChI=1S/2C2H5O.Rf/c2*1-3-2;/h2*1H2,2H3;/q2*-1;. The maximum atomic E-state index is 4.00. The van der Waals surface area contributed by atoms with E-state index in [1.165, 1.54) is 14.2 Å². The summed E-state index contributed by atoms with van der Waals surface area (Å²) in [5.41, 5.74) is 0. The average Bonchev–Trinajstić information content (AvgIpc) is 1.39. The molecule has 2 nitrogen and oxygen atoms in total. The first kappa shape index (κ1) is 16.8. The van der Waals surface area contributed by atoms with E-state index in [1.54, 1.807) is 0 Å². The largest absolute Gasteiger partial charge is 0.557 e. The van der Waals surface area contributed by atoms with Crippen LogP contribution in [0.1, 0.15) is 0 Å². The van der Waals surface area contributed by atoms with Crippen LogP contribution in [-0.4, -0.2) is 14.2 Å². The van der Waals surface area contributed by atoms with Crippen molar-refractivity contribution in [1.82, 2.24) is 0 Å². The Bertz CT molecular complexity index is 11.7. The van der Waals surface area contributed by atoms with E-state index in [9.17, 15) is 0 Å². The van der Waals surface area contributed by atoms with Gasteiger partial charge in [0.05, 0.1) is 0 Å². The number of methoxy groups -OCH3 is 2. The van der Waals surface area contributed by atoms with Crippen molar-refractivity contribution in [2.75, 3.05) is 14.2 Å². The Morgan fingerprint density at radius 1 is 1.00 bits per heavy atom. The van der Waals surface area contributed by atoms with Gasteiger partial charge in [0.1, 0.15) is 0 Å². The second-order valence-electron chi connectivity index (χ2n) is 0.577. The quantitative estimate of drug-likeness (QED) is 0.599. The monoisotopic (exact) mass is 357 g/mol. The van der Waals surface area contributed by atoms with Gasteiger partial charge in [0.2, 0.25) is 0 Å². The van der Waals surface area contributed by atoms with Gasteiger partial charge in [-0.2, -0.15) is 0 Å². The minimum Gasteiger partial charge on any atom is -0.557 e. The zero-order chi connectivity index (χ0) is 5.41. The molecule has 0 radical (unpaired) electrons. The zero-order valence-electron chi connectivity index (χ0n) is 4.94. The third-order valence-corrected chi connectivity index (χ3v) is 0. The Balaban J connectivity index is -0.0000000400. The van der Waals surface area contributed by atoms with Crippen LogP contribution in [0.5, 0.6) is 0 Å². The minimum absolute atomic E-state index is 0. The summed E-state index contributed by atoms with van der Waals surface area (Å²) in [7, 11) is 9.00. The Kier molecular flexibility index (Phi) is 214. The summed E-state index contributed by atoms with van der Waals surface area (Å²) in [4.78, 5) is 0. The molecule has 0 saturated carbocycles. The van der Waals surface area contributed by atoms with Crippen LogP contribution in [-0.2, 0) is 9.47 Å². The molecule has 0 aliphatic rings. The van der Waals surface area contributed by atoms with Crippen molar-refractivity contribution in [2.45, 2.75) is 0 Å². The van der Waals surface area contributed by atoms with Gasteiger partial charge < -0.3 is 9.47 Å². The van der Waals surface area contributed by atoms with Crippen molar-refractivity contribution in [3.63, 3.8) is 0 Å². The molecular formula is C4H10O2Rf-2. The van der Waals surface area contributed by atoms with Gasteiger partial charge in [0.15, 0.2) is 0 Å². The van der Waals surface area contributed by atoms with E-state index in [1.807, 2.05) is 0 Å². The molecule has 0 fully saturated rings. The molecule has 0 aliphatic heterocycles. The van der Waals surface area contributed by atoms with Crippen LogP contribution in [0.15, 0.2) is 0 Å². The van der Waals surface area contributed by atoms with Gasteiger partial charge in [-0.1, -0.05) is 0 Å². The molecule has 0 heterocycles. The van der Waals surface area contributed by atoms with Gasteiger partial charge in [-0.05, 0) is 14.2 Å². The van der Waals surface area contributed by atoms with Crippen LogP contribution >= 0.6 is 0 Å². The predicted octanol–water partition coefficient (Wildman–Crippen LogP) is 0.849. The number of hydrogen-bond donors (Lipinski definition) is 0. The first-order valence-electron chi connectivity index (χ1n) is 1.39. The van der Waals surface area contributed by atoms with Gasteiger partial charge in [-0.3, -0.25) is 0 Å². The number of rotatable bonds is 0. The fraction of sp³-hybridized carbons (Fsp3) is 0.500. The van der Waals surface area contributed by atoms with Crippen LogP contribution < -0.4 is 0 Å². The Morgan fingerprint density at radius 3 is 1.00 bits per heavy atom. The predicted molar refractivity (Wildman–Crippen MR) is 24.7 cm³/mol. The maximum absolute atomic E-state index is 4.00. The van der Waals surface area contributed by atoms with Crippen molar-refractivity contribution >= 4 is 0 Å². The van der Waals surface area contributed by atoms with Crippen LogP contribution in [0.25, 0.3) is 0 Å². The van der Waals surface area contributed by atoms with Gasteiger partial charge in [0, 0.05) is 0 Å². The summed E-state index contributed by atoms with van der Waals surface area (Å²) in [6.45, 7) is 0. The molecule has 0 aromatic carbocycles. The van der Waals surface area contributed by atoms with Crippen LogP contribution in [0.3, 0.4) is 0 Å². The fourth-order valence-corrected chi connectivity index (χ4v) is 0. The van der Waals surface area contributed by atoms with Crippen molar-refractivity contribution in [2.24, 2.45) is 0 Å². The molecule has 3 heteroatoms. The van der Waals surface area contributed by atoms with Gasteiger partial charge in [-0.15, -0.1) is 0 Å². The SMILES string of the molecule is [CH2-]OC.[CH2-]OC.[Rf]. The molecule has 42 valence electrons. The van der Waals surface area contributed by atoms with Crippen molar-refractivity contribution in [3.05, 3.63) is 14.2 Å². The molecule has 0 aliphatic carbocycles. The van der Waals surface area contributed by atoms with Gasteiger partial charge in [-0.25, -0.2) is 14.2 Å². The van der Waals surface area contributed by atoms with Crippen molar-refractivity contribution in [1.29, 1.82) is 0 Å². The Hall–Kier alpha value is -1.08. The molecule has 0 N–H and O–H groups in total. The topological polar surface area (TPSA) is 18.5 Å². The molecule has 0 aromatic rings. The van der Waals surface area contributed by atoms with Gasteiger partial charge in [0.25, 0.3) is 0 Å². The molecule has 0 rings (SSSR count). The molecule has 0 unspecified atom stereocenters. The first-order chi connectivity index (χ1) is 2.83. The molecule has 7 heavy (non-hydrogen) atoms. The van der Waals surface area contributed by atoms with E-state index in [-0.39, 0.29) is 0 Å². The van der Waals surface area contributed by atoms with E-state index in [2.05, 4.69) is 23.7 Å². The molecule has 0 aromatic heterocycles. The summed E-state index contributed by atoms with van der Waals surface area (Å²) < 4.78 is 8.00. The molecule has 0 bridgehead atoms. The van der Waals surface area contributed by atoms with E-state index in [0.717, 1.165) is 0 Å². The molecule has 0 amide bonds. The number of hydrogen-bond acceptors (Lipinski definition) is 2. The third kappa shape index (κ3) is 36.0. The third-order valence-electron chi connectivity index (χ3n) is 0. The number of ether oxygens (including phenoxy) is 2. The summed E-state index contributed by atoms with van der Waals surface area (Å²) in [6.07, 6.45) is 0. The molecule has 0 spiro atoms. The van der Waals surface area contributed by atoms with E-state index in [4.69, 9.17) is 0 Å². The van der Waals surface area contributed by atoms with Crippen LogP contribution in [0.2, 0.25) is 0 Å². The summed E-state index contributed by atoms with van der Waals surface area (Å²) in [5, 5.41) is 0. The summed E-state index contributed by atoms with van der Waals surface area (Å²) in [5.74, 6) is 0. The molecule has 0 atom stereocenters. The molecule has 0 saturated heterocycles. The van der Waals surface area contributed by atoms with E-state index in [0.29, 0.717) is 0 Å². The zero-order valence-corrected chi connectivity index (χ0v) is 11.3. The second kappa shape index (κ2) is 89.3. The first-order valence-corrected chi connectivity index (χ1v) is 1.39. The van der Waals surface area contributed by atoms with Crippen molar-refractivity contribution in [3.8, 4) is 0 Å². The fourth-order valence-electron chi connectivity index (χ4n) is 0. The van der Waals surface area contributed by atoms with E-state index >= 15 is 0 Å². The van der Waals surface area contributed by atoms with Gasteiger partial charge >= 0.3 is 0 Å². The minimum atomic E-state index is 0. The summed E-state index contributed by atoms with van der Waals surface area (Å²) in [6, 6.07) is 0. The average molecular weight is 357 g/mol. The molecular weight excluding hydrogens is 347 g/mol. The Labute approximate surface area is 39.1 Å². The van der Waals surface area contributed by atoms with Crippen LogP contribution in [0, 0.1) is 14.2 Å². The Morgan fingerprint density at radius 2 is 1.00 bits per heavy atom.